The second-order valence-corrected chi connectivity index (χ2v) is 12.6. The number of amides is 2. The van der Waals surface area contributed by atoms with E-state index in [9.17, 15) is 14.4 Å². The number of halogens is 3. The minimum absolute atomic E-state index is 0.0969. The summed E-state index contributed by atoms with van der Waals surface area (Å²) in [6.45, 7) is 4.37. The molecule has 1 spiro atoms. The van der Waals surface area contributed by atoms with Gasteiger partial charge in [-0.15, -0.1) is 11.3 Å². The number of thiazole rings is 1. The number of likely N-dealkylation sites (tertiary alicyclic amines) is 1. The summed E-state index contributed by atoms with van der Waals surface area (Å²) in [5, 5.41) is 5.55. The van der Waals surface area contributed by atoms with Crippen molar-refractivity contribution < 1.29 is 23.5 Å². The molecule has 2 aromatic rings. The molecule has 4 heterocycles. The molecule has 0 radical (unpaired) electrons. The number of rotatable bonds is 7. The van der Waals surface area contributed by atoms with Gasteiger partial charge in [0.2, 0.25) is 11.8 Å². The van der Waals surface area contributed by atoms with Crippen molar-refractivity contribution >= 4 is 63.1 Å². The van der Waals surface area contributed by atoms with Crippen LogP contribution in [-0.2, 0) is 20.7 Å². The van der Waals surface area contributed by atoms with Gasteiger partial charge in [0.25, 0.3) is 0 Å². The van der Waals surface area contributed by atoms with E-state index in [0.717, 1.165) is 29.7 Å². The highest BCUT2D eigenvalue weighted by Crippen LogP contribution is 2.56. The Morgan fingerprint density at radius 1 is 1.37 bits per heavy atom. The van der Waals surface area contributed by atoms with Crippen LogP contribution in [0.25, 0.3) is 0 Å². The molecule has 0 bridgehead atoms. The molecule has 1 aliphatic carbocycles. The van der Waals surface area contributed by atoms with Crippen LogP contribution in [0.2, 0.25) is 5.02 Å². The number of aromatic nitrogens is 1. The number of methoxy groups -OCH3 is 1. The number of nitrogens with zero attached hydrogens (tertiary/aromatic N) is 3. The minimum atomic E-state index is -1.34. The lowest BCUT2D eigenvalue weighted by Gasteiger charge is -2.46. The van der Waals surface area contributed by atoms with E-state index in [1.165, 1.54) is 35.6 Å². The average Bonchev–Trinajstić information content (AvgIpc) is 3.41. The quantitative estimate of drug-likeness (QED) is 0.333. The Kier molecular flexibility index (Phi) is 7.30. The fourth-order valence-corrected chi connectivity index (χ4v) is 7.50. The molecule has 3 aliphatic heterocycles. The Morgan fingerprint density at radius 3 is 2.85 bits per heavy atom. The van der Waals surface area contributed by atoms with Crippen LogP contribution in [-0.4, -0.2) is 59.4 Å². The number of esters is 1. The number of anilines is 2. The maximum absolute atomic E-state index is 16.5. The van der Waals surface area contributed by atoms with Crippen LogP contribution in [0.1, 0.15) is 28.9 Å². The molecule has 1 aromatic heterocycles. The van der Waals surface area contributed by atoms with Crippen molar-refractivity contribution in [3.8, 4) is 0 Å². The molecular formula is C29H27Cl2FN4O4S. The van der Waals surface area contributed by atoms with Gasteiger partial charge >= 0.3 is 5.97 Å². The van der Waals surface area contributed by atoms with Gasteiger partial charge in [0.15, 0.2) is 10.8 Å². The number of hydrogen-bond acceptors (Lipinski definition) is 7. The number of fused-ring (bicyclic) bond motifs is 2. The molecule has 2 saturated heterocycles. The maximum atomic E-state index is 16.5. The van der Waals surface area contributed by atoms with Crippen molar-refractivity contribution in [1.29, 1.82) is 0 Å². The van der Waals surface area contributed by atoms with E-state index in [1.807, 2.05) is 6.07 Å². The van der Waals surface area contributed by atoms with Crippen molar-refractivity contribution in [2.75, 3.05) is 30.4 Å². The van der Waals surface area contributed by atoms with Crippen molar-refractivity contribution in [2.45, 2.75) is 30.8 Å². The highest BCUT2D eigenvalue weighted by molar-refractivity contribution is 7.14. The fourth-order valence-electron chi connectivity index (χ4n) is 6.45. The van der Waals surface area contributed by atoms with E-state index in [-0.39, 0.29) is 35.5 Å². The molecule has 0 unspecified atom stereocenters. The zero-order valence-electron chi connectivity index (χ0n) is 22.1. The first-order valence-corrected chi connectivity index (χ1v) is 14.9. The van der Waals surface area contributed by atoms with Crippen molar-refractivity contribution in [3.05, 3.63) is 75.5 Å². The summed E-state index contributed by atoms with van der Waals surface area (Å²) in [6.07, 6.45) is 6.39. The molecule has 1 aromatic carbocycles. The van der Waals surface area contributed by atoms with Crippen LogP contribution in [0.5, 0.6) is 0 Å². The molecule has 3 fully saturated rings. The third-order valence-electron chi connectivity index (χ3n) is 8.39. The van der Waals surface area contributed by atoms with Gasteiger partial charge in [-0.3, -0.25) is 19.4 Å². The third-order valence-corrected chi connectivity index (χ3v) is 9.62. The largest absolute Gasteiger partial charge is 0.464 e. The molecule has 41 heavy (non-hydrogen) atoms. The number of hydrogen-bond donors (Lipinski definition) is 1. The normalized spacial score (nSPS) is 27.9. The average molecular weight is 618 g/mol. The molecular weight excluding hydrogens is 590 g/mol. The summed E-state index contributed by atoms with van der Waals surface area (Å²) in [6, 6.07) is 4.82. The summed E-state index contributed by atoms with van der Waals surface area (Å²) >= 11 is 13.2. The summed E-state index contributed by atoms with van der Waals surface area (Å²) in [7, 11) is 1.26. The first kappa shape index (κ1) is 28.1. The molecule has 4 atom stereocenters. The minimum Gasteiger partial charge on any atom is -0.464 e. The summed E-state index contributed by atoms with van der Waals surface area (Å²) in [5.41, 5.74) is 0.167. The molecule has 1 N–H and O–H groups in total. The zero-order chi connectivity index (χ0) is 29.1. The van der Waals surface area contributed by atoms with Gasteiger partial charge in [0.05, 0.1) is 18.9 Å². The van der Waals surface area contributed by atoms with Gasteiger partial charge in [-0.05, 0) is 48.6 Å². The van der Waals surface area contributed by atoms with Crippen LogP contribution in [0, 0.1) is 17.8 Å². The predicted octanol–water partition coefficient (Wildman–Crippen LogP) is 5.35. The number of carbonyl (C=O) groups excluding carboxylic acids is 3. The smallest absolute Gasteiger partial charge is 0.357 e. The van der Waals surface area contributed by atoms with Crippen LogP contribution in [0.4, 0.5) is 15.2 Å². The summed E-state index contributed by atoms with van der Waals surface area (Å²) in [5.74, 6) is -3.48. The van der Waals surface area contributed by atoms with Crippen LogP contribution < -0.4 is 10.2 Å². The molecule has 6 rings (SSSR count). The second-order valence-electron chi connectivity index (χ2n) is 10.8. The molecule has 1 saturated carbocycles. The number of ether oxygens (including phenoxy) is 1. The van der Waals surface area contributed by atoms with Gasteiger partial charge < -0.3 is 10.1 Å². The van der Waals surface area contributed by atoms with Crippen molar-refractivity contribution in [1.82, 2.24) is 9.88 Å². The highest BCUT2D eigenvalue weighted by Gasteiger charge is 2.70. The first-order valence-electron chi connectivity index (χ1n) is 13.2. The molecule has 2 amide bonds. The SMILES string of the molecule is C=C(Cl)/C=C\C=C(/F)[C@H]1[C@@H]2C(=O)N(c3nc(C(=O)OC)cs3)C[C@@H]2N(CC2CC2)[C@]12Cc1ccc(Cl)cc1NC2=O. The zero-order valence-corrected chi connectivity index (χ0v) is 24.4. The standard InChI is InChI=1S/C29H27Cl2FN4O4S/c1-15(30)4-3-5-19(32)24-23-22(13-35(25(23)37)28-34-21(14-41-28)26(38)40-2)36(12-16-6-7-16)29(24)11-17-8-9-18(31)10-20(17)33-27(29)39/h3-5,8-10,14,16,22-24H,1,6-7,11-13H2,2H3,(H,33,39)/b4-3-,19-5-/t22-,23+,24-,29+/m0/s1. The van der Waals surface area contributed by atoms with E-state index in [0.29, 0.717) is 28.3 Å². The number of allylic oxidation sites excluding steroid dienone is 4. The lowest BCUT2D eigenvalue weighted by Crippen LogP contribution is -2.63. The third kappa shape index (κ3) is 4.80. The van der Waals surface area contributed by atoms with E-state index in [1.54, 1.807) is 12.1 Å². The van der Waals surface area contributed by atoms with Gasteiger partial charge in [0.1, 0.15) is 11.4 Å². The van der Waals surface area contributed by atoms with Gasteiger partial charge in [-0.2, -0.15) is 0 Å². The predicted molar refractivity (Wildman–Crippen MR) is 156 cm³/mol. The molecule has 214 valence electrons. The Labute approximate surface area is 250 Å². The van der Waals surface area contributed by atoms with E-state index < -0.39 is 35.2 Å². The Morgan fingerprint density at radius 2 is 2.15 bits per heavy atom. The lowest BCUT2D eigenvalue weighted by atomic mass is 9.72. The monoisotopic (exact) mass is 616 g/mol. The van der Waals surface area contributed by atoms with E-state index >= 15 is 4.39 Å². The van der Waals surface area contributed by atoms with Gasteiger partial charge in [0, 0.05) is 46.7 Å². The molecule has 12 heteroatoms. The topological polar surface area (TPSA) is 91.8 Å². The molecule has 8 nitrogen and oxygen atoms in total. The first-order chi connectivity index (χ1) is 19.6. The summed E-state index contributed by atoms with van der Waals surface area (Å²) in [4.78, 5) is 48.3. The lowest BCUT2D eigenvalue weighted by molar-refractivity contribution is -0.130. The van der Waals surface area contributed by atoms with Crippen molar-refractivity contribution in [2.24, 2.45) is 17.8 Å². The highest BCUT2D eigenvalue weighted by atomic mass is 35.5. The van der Waals surface area contributed by atoms with Crippen LogP contribution in [0.3, 0.4) is 0 Å². The van der Waals surface area contributed by atoms with Gasteiger partial charge in [-0.1, -0.05) is 41.9 Å². The number of nitrogens with one attached hydrogen (secondary N) is 1. The maximum Gasteiger partial charge on any atom is 0.357 e. The Hall–Kier alpha value is -3.05. The van der Waals surface area contributed by atoms with E-state index in [2.05, 4.69) is 21.8 Å². The Bertz CT molecular complexity index is 1520. The number of carbonyl (C=O) groups is 3. The van der Waals surface area contributed by atoms with E-state index in [4.69, 9.17) is 27.9 Å². The van der Waals surface area contributed by atoms with Crippen molar-refractivity contribution in [3.63, 3.8) is 0 Å². The van der Waals surface area contributed by atoms with Gasteiger partial charge in [-0.25, -0.2) is 14.2 Å². The Balaban J connectivity index is 1.46. The molecule has 4 aliphatic rings. The summed E-state index contributed by atoms with van der Waals surface area (Å²) < 4.78 is 21.3. The number of benzene rings is 1. The fraction of sp³-hybridized carbons (Fsp3) is 0.379. The van der Waals surface area contributed by atoms with Crippen LogP contribution in [0.15, 0.2) is 59.2 Å². The van der Waals surface area contributed by atoms with Crippen LogP contribution >= 0.6 is 34.5 Å². The second kappa shape index (κ2) is 10.7.